The third kappa shape index (κ3) is 2.98. The SMILES string of the molecule is C=NC(Cl)=NC1=C(C)N(C)C(=O)[C@@H](CC)N1C1CCCC1. The van der Waals surface area contributed by atoms with Gasteiger partial charge in [0.15, 0.2) is 5.82 Å². The minimum Gasteiger partial charge on any atom is -0.340 e. The molecule has 1 amide bonds. The summed E-state index contributed by atoms with van der Waals surface area (Å²) in [5.41, 5.74) is 0.818. The third-order valence-corrected chi connectivity index (χ3v) is 4.66. The second-order valence-electron chi connectivity index (χ2n) is 5.61. The number of halogens is 1. The molecule has 0 aromatic rings. The fourth-order valence-electron chi connectivity index (χ4n) is 3.23. The largest absolute Gasteiger partial charge is 0.340 e. The standard InChI is InChI=1S/C15H23ClN4O/c1-5-12-14(21)19(4)10(2)13(18-15(16)17-3)20(12)11-8-6-7-9-11/h11-12H,3,5-9H2,1-2,4H3/t12-/m1/s1. The van der Waals surface area contributed by atoms with E-state index in [-0.39, 0.29) is 17.2 Å². The normalized spacial score (nSPS) is 25.0. The molecule has 1 heterocycles. The highest BCUT2D eigenvalue weighted by Crippen LogP contribution is 2.35. The van der Waals surface area contributed by atoms with Crippen LogP contribution in [0.25, 0.3) is 0 Å². The van der Waals surface area contributed by atoms with Gasteiger partial charge in [-0.3, -0.25) is 4.79 Å². The predicted molar refractivity (Wildman–Crippen MR) is 86.5 cm³/mol. The van der Waals surface area contributed by atoms with E-state index in [0.29, 0.717) is 6.04 Å². The number of amides is 1. The molecule has 21 heavy (non-hydrogen) atoms. The monoisotopic (exact) mass is 310 g/mol. The zero-order chi connectivity index (χ0) is 15.6. The molecule has 1 saturated carbocycles. The summed E-state index contributed by atoms with van der Waals surface area (Å²) in [5.74, 6) is 0.886. The summed E-state index contributed by atoms with van der Waals surface area (Å²) in [6, 6.07) is 0.186. The first-order chi connectivity index (χ1) is 10.0. The van der Waals surface area contributed by atoms with E-state index >= 15 is 0 Å². The predicted octanol–water partition coefficient (Wildman–Crippen LogP) is 2.97. The molecule has 116 valence electrons. The highest BCUT2D eigenvalue weighted by molar-refractivity contribution is 6.65. The maximum absolute atomic E-state index is 12.6. The lowest BCUT2D eigenvalue weighted by Gasteiger charge is -2.44. The Morgan fingerprint density at radius 2 is 2.05 bits per heavy atom. The van der Waals surface area contributed by atoms with E-state index < -0.39 is 0 Å². The molecule has 0 bridgehead atoms. The molecule has 1 atom stereocenters. The number of hydrogen-bond donors (Lipinski definition) is 0. The first-order valence-corrected chi connectivity index (χ1v) is 7.86. The number of aliphatic imine (C=N–C) groups is 2. The van der Waals surface area contributed by atoms with E-state index in [1.807, 2.05) is 13.8 Å². The van der Waals surface area contributed by atoms with Crippen LogP contribution in [0.3, 0.4) is 0 Å². The number of hydrogen-bond acceptors (Lipinski definition) is 3. The molecule has 0 spiro atoms. The van der Waals surface area contributed by atoms with Crippen molar-refractivity contribution in [2.75, 3.05) is 7.05 Å². The van der Waals surface area contributed by atoms with Crippen LogP contribution in [0.1, 0.15) is 46.0 Å². The molecule has 0 aromatic heterocycles. The van der Waals surface area contributed by atoms with Crippen LogP contribution in [0, 0.1) is 0 Å². The second-order valence-corrected chi connectivity index (χ2v) is 5.95. The number of nitrogens with zero attached hydrogens (tertiary/aromatic N) is 4. The average Bonchev–Trinajstić information content (AvgIpc) is 3.01. The van der Waals surface area contributed by atoms with Gasteiger partial charge in [-0.2, -0.15) is 4.99 Å². The first-order valence-electron chi connectivity index (χ1n) is 7.49. The van der Waals surface area contributed by atoms with Gasteiger partial charge < -0.3 is 9.80 Å². The molecule has 0 N–H and O–H groups in total. The minimum atomic E-state index is -0.171. The topological polar surface area (TPSA) is 48.3 Å². The smallest absolute Gasteiger partial charge is 0.249 e. The van der Waals surface area contributed by atoms with Crippen LogP contribution in [0.15, 0.2) is 21.5 Å². The van der Waals surface area contributed by atoms with Crippen molar-refractivity contribution in [3.05, 3.63) is 11.5 Å². The van der Waals surface area contributed by atoms with Gasteiger partial charge in [0.25, 0.3) is 0 Å². The van der Waals surface area contributed by atoms with Gasteiger partial charge in [-0.15, -0.1) is 0 Å². The van der Waals surface area contributed by atoms with Crippen LogP contribution in [-0.4, -0.2) is 46.9 Å². The quantitative estimate of drug-likeness (QED) is 0.457. The lowest BCUT2D eigenvalue weighted by molar-refractivity contribution is -0.136. The Hall–Kier alpha value is -1.36. The minimum absolute atomic E-state index is 0.116. The van der Waals surface area contributed by atoms with Crippen molar-refractivity contribution >= 4 is 29.5 Å². The van der Waals surface area contributed by atoms with E-state index in [0.717, 1.165) is 30.8 Å². The van der Waals surface area contributed by atoms with E-state index in [2.05, 4.69) is 21.6 Å². The molecule has 0 unspecified atom stereocenters. The van der Waals surface area contributed by atoms with Crippen molar-refractivity contribution in [2.24, 2.45) is 9.98 Å². The Morgan fingerprint density at radius 3 is 2.57 bits per heavy atom. The van der Waals surface area contributed by atoms with Gasteiger partial charge in [0.2, 0.25) is 11.2 Å². The van der Waals surface area contributed by atoms with Gasteiger partial charge in [0, 0.05) is 13.1 Å². The van der Waals surface area contributed by atoms with E-state index in [1.165, 1.54) is 12.8 Å². The lowest BCUT2D eigenvalue weighted by atomic mass is 10.0. The molecule has 5 nitrogen and oxygen atoms in total. The molecule has 0 aromatic carbocycles. The molecule has 6 heteroatoms. The first kappa shape index (κ1) is 16.0. The maximum atomic E-state index is 12.6. The number of carbonyl (C=O) groups excluding carboxylic acids is 1. The Balaban J connectivity index is 2.50. The third-order valence-electron chi connectivity index (χ3n) is 4.46. The molecular weight excluding hydrogens is 288 g/mol. The van der Waals surface area contributed by atoms with Gasteiger partial charge in [0.1, 0.15) is 6.04 Å². The molecule has 0 radical (unpaired) electrons. The number of amidine groups is 1. The zero-order valence-electron chi connectivity index (χ0n) is 13.0. The molecular formula is C15H23ClN4O. The van der Waals surface area contributed by atoms with Crippen molar-refractivity contribution in [3.8, 4) is 0 Å². The van der Waals surface area contributed by atoms with Crippen LogP contribution in [0.4, 0.5) is 0 Å². The summed E-state index contributed by atoms with van der Waals surface area (Å²) in [6.45, 7) is 7.35. The van der Waals surface area contributed by atoms with Crippen LogP contribution >= 0.6 is 11.6 Å². The summed E-state index contributed by atoms with van der Waals surface area (Å²) in [6.07, 6.45) is 5.35. The Bertz CT molecular complexity index is 494. The van der Waals surface area contributed by atoms with E-state index in [4.69, 9.17) is 11.6 Å². The van der Waals surface area contributed by atoms with Crippen molar-refractivity contribution in [3.63, 3.8) is 0 Å². The second kappa shape index (κ2) is 6.60. The van der Waals surface area contributed by atoms with Gasteiger partial charge in [-0.1, -0.05) is 19.8 Å². The Labute approximate surface area is 131 Å². The van der Waals surface area contributed by atoms with Gasteiger partial charge in [-0.05, 0) is 44.5 Å². The molecule has 2 aliphatic rings. The fourth-order valence-corrected chi connectivity index (χ4v) is 3.31. The molecule has 1 aliphatic heterocycles. The average molecular weight is 311 g/mol. The summed E-state index contributed by atoms with van der Waals surface area (Å²) in [4.78, 5) is 24.5. The highest BCUT2D eigenvalue weighted by Gasteiger charge is 2.40. The van der Waals surface area contributed by atoms with Crippen LogP contribution in [-0.2, 0) is 4.79 Å². The van der Waals surface area contributed by atoms with Crippen molar-refractivity contribution in [2.45, 2.75) is 58.0 Å². The fraction of sp³-hybridized carbons (Fsp3) is 0.667. The van der Waals surface area contributed by atoms with Crippen molar-refractivity contribution < 1.29 is 4.79 Å². The molecule has 1 aliphatic carbocycles. The van der Waals surface area contributed by atoms with E-state index in [1.54, 1.807) is 11.9 Å². The van der Waals surface area contributed by atoms with Crippen LogP contribution < -0.4 is 0 Å². The van der Waals surface area contributed by atoms with Crippen molar-refractivity contribution in [1.82, 2.24) is 9.80 Å². The van der Waals surface area contributed by atoms with Gasteiger partial charge in [0.05, 0.1) is 5.70 Å². The number of allylic oxidation sites excluding steroid dienone is 1. The molecule has 2 rings (SSSR count). The Kier molecular flexibility index (Phi) is 5.04. The number of likely N-dealkylation sites (N-methyl/N-ethyl adjacent to an activating group) is 1. The summed E-state index contributed by atoms with van der Waals surface area (Å²) >= 11 is 5.97. The molecule has 0 saturated heterocycles. The van der Waals surface area contributed by atoms with Gasteiger partial charge >= 0.3 is 0 Å². The van der Waals surface area contributed by atoms with Crippen molar-refractivity contribution in [1.29, 1.82) is 0 Å². The zero-order valence-corrected chi connectivity index (χ0v) is 13.7. The number of rotatable bonds is 3. The summed E-state index contributed by atoms with van der Waals surface area (Å²) in [5, 5.41) is 0.116. The van der Waals surface area contributed by atoms with Gasteiger partial charge in [-0.25, -0.2) is 4.99 Å². The number of carbonyl (C=O) groups is 1. The maximum Gasteiger partial charge on any atom is 0.249 e. The lowest BCUT2D eigenvalue weighted by Crippen LogP contribution is -2.54. The highest BCUT2D eigenvalue weighted by atomic mass is 35.5. The van der Waals surface area contributed by atoms with Crippen LogP contribution in [0.2, 0.25) is 0 Å². The molecule has 1 fully saturated rings. The van der Waals surface area contributed by atoms with Crippen LogP contribution in [0.5, 0.6) is 0 Å². The Morgan fingerprint density at radius 1 is 1.43 bits per heavy atom. The summed E-state index contributed by atoms with van der Waals surface area (Å²) in [7, 11) is 1.79. The summed E-state index contributed by atoms with van der Waals surface area (Å²) < 4.78 is 0. The van der Waals surface area contributed by atoms with E-state index in [9.17, 15) is 4.79 Å².